The highest BCUT2D eigenvalue weighted by atomic mass is 16.7. The lowest BCUT2D eigenvalue weighted by atomic mass is 10.0. The summed E-state index contributed by atoms with van der Waals surface area (Å²) in [5, 5.41) is 4.25. The number of carbonyl (C=O) groups excluding carboxylic acids is 1. The maximum Gasteiger partial charge on any atom is 0.317 e. The average molecular weight is 329 g/mol. The van der Waals surface area contributed by atoms with Crippen molar-refractivity contribution >= 4 is 16.9 Å². The van der Waals surface area contributed by atoms with E-state index >= 15 is 0 Å². The number of carbonyl (C=O) groups is 1. The zero-order valence-corrected chi connectivity index (χ0v) is 13.7. The summed E-state index contributed by atoms with van der Waals surface area (Å²) in [6.07, 6.45) is 4.35. The largest absolute Gasteiger partial charge is 0.361 e. The number of hydrogen-bond donors (Lipinski definition) is 2. The van der Waals surface area contributed by atoms with Gasteiger partial charge in [0, 0.05) is 49.6 Å². The van der Waals surface area contributed by atoms with Crippen molar-refractivity contribution in [2.45, 2.75) is 25.0 Å². The molecule has 6 nitrogen and oxygen atoms in total. The molecule has 0 bridgehead atoms. The summed E-state index contributed by atoms with van der Waals surface area (Å²) < 4.78 is 11.4. The Morgan fingerprint density at radius 1 is 1.21 bits per heavy atom. The highest BCUT2D eigenvalue weighted by Gasteiger charge is 2.40. The Bertz CT molecular complexity index is 711. The second kappa shape index (κ2) is 6.45. The number of benzene rings is 1. The molecule has 2 saturated heterocycles. The van der Waals surface area contributed by atoms with Crippen LogP contribution in [0.25, 0.3) is 10.9 Å². The van der Waals surface area contributed by atoms with Crippen LogP contribution in [0.2, 0.25) is 0 Å². The van der Waals surface area contributed by atoms with Gasteiger partial charge in [-0.25, -0.2) is 4.79 Å². The van der Waals surface area contributed by atoms with E-state index in [9.17, 15) is 4.79 Å². The van der Waals surface area contributed by atoms with Crippen molar-refractivity contribution in [2.24, 2.45) is 0 Å². The molecule has 128 valence electrons. The first-order valence-corrected chi connectivity index (χ1v) is 8.61. The number of hydrogen-bond acceptors (Lipinski definition) is 3. The quantitative estimate of drug-likeness (QED) is 0.908. The second-order valence-electron chi connectivity index (χ2n) is 6.44. The van der Waals surface area contributed by atoms with Gasteiger partial charge in [-0.3, -0.25) is 0 Å². The number of para-hydroxylation sites is 1. The van der Waals surface area contributed by atoms with E-state index in [1.165, 1.54) is 10.9 Å². The molecule has 2 amide bonds. The Balaban J connectivity index is 1.26. The molecule has 1 spiro atoms. The van der Waals surface area contributed by atoms with Gasteiger partial charge in [0.2, 0.25) is 0 Å². The van der Waals surface area contributed by atoms with Gasteiger partial charge in [-0.1, -0.05) is 18.2 Å². The summed E-state index contributed by atoms with van der Waals surface area (Å²) in [6.45, 7) is 3.32. The lowest BCUT2D eigenvalue weighted by Gasteiger charge is -2.37. The molecule has 2 aliphatic rings. The summed E-state index contributed by atoms with van der Waals surface area (Å²) >= 11 is 0. The normalized spacial score (nSPS) is 19.9. The second-order valence-corrected chi connectivity index (χ2v) is 6.44. The van der Waals surface area contributed by atoms with E-state index in [1.54, 1.807) is 0 Å². The first-order valence-electron chi connectivity index (χ1n) is 8.61. The number of piperidine rings is 1. The molecule has 2 fully saturated rings. The molecule has 2 N–H and O–H groups in total. The standard InChI is InChI=1S/C18H23N3O3/c22-17(21-9-6-18(7-10-21)23-11-12-24-18)19-8-5-14-13-20-16-4-2-1-3-15(14)16/h1-4,13,20H,5-12H2,(H,19,22). The molecule has 6 heteroatoms. The smallest absolute Gasteiger partial charge is 0.317 e. The van der Waals surface area contributed by atoms with E-state index in [0.717, 1.165) is 24.8 Å². The van der Waals surface area contributed by atoms with E-state index in [2.05, 4.69) is 22.4 Å². The Morgan fingerprint density at radius 3 is 2.75 bits per heavy atom. The Labute approximate surface area is 141 Å². The van der Waals surface area contributed by atoms with E-state index in [-0.39, 0.29) is 6.03 Å². The third-order valence-electron chi connectivity index (χ3n) is 4.97. The molecule has 1 aromatic carbocycles. The predicted molar refractivity (Wildman–Crippen MR) is 90.8 cm³/mol. The van der Waals surface area contributed by atoms with Crippen molar-refractivity contribution in [1.29, 1.82) is 0 Å². The molecule has 0 saturated carbocycles. The molecule has 2 aliphatic heterocycles. The van der Waals surface area contributed by atoms with Crippen LogP contribution >= 0.6 is 0 Å². The highest BCUT2D eigenvalue weighted by Crippen LogP contribution is 2.31. The fraction of sp³-hybridized carbons (Fsp3) is 0.500. The third kappa shape index (κ3) is 2.99. The van der Waals surface area contributed by atoms with E-state index < -0.39 is 5.79 Å². The lowest BCUT2D eigenvalue weighted by molar-refractivity contribution is -0.181. The van der Waals surface area contributed by atoms with Crippen LogP contribution in [0.15, 0.2) is 30.5 Å². The third-order valence-corrected chi connectivity index (χ3v) is 4.97. The van der Waals surface area contributed by atoms with Crippen LogP contribution in [-0.2, 0) is 15.9 Å². The molecule has 0 radical (unpaired) electrons. The highest BCUT2D eigenvalue weighted by molar-refractivity contribution is 5.83. The van der Waals surface area contributed by atoms with Gasteiger partial charge in [-0.15, -0.1) is 0 Å². The number of ether oxygens (including phenoxy) is 2. The van der Waals surface area contributed by atoms with Crippen LogP contribution < -0.4 is 5.32 Å². The first-order chi connectivity index (χ1) is 11.8. The summed E-state index contributed by atoms with van der Waals surface area (Å²) in [7, 11) is 0. The molecule has 3 heterocycles. The van der Waals surface area contributed by atoms with Gasteiger partial charge in [0.05, 0.1) is 13.2 Å². The number of aromatic nitrogens is 1. The molecular formula is C18H23N3O3. The summed E-state index contributed by atoms with van der Waals surface area (Å²) in [4.78, 5) is 17.4. The molecular weight excluding hydrogens is 306 g/mol. The van der Waals surface area contributed by atoms with Crippen molar-refractivity contribution in [3.8, 4) is 0 Å². The van der Waals surface area contributed by atoms with Crippen LogP contribution in [0.4, 0.5) is 4.79 Å². The van der Waals surface area contributed by atoms with Crippen LogP contribution in [0, 0.1) is 0 Å². The maximum atomic E-state index is 12.3. The minimum absolute atomic E-state index is 0.00249. The molecule has 4 rings (SSSR count). The first kappa shape index (κ1) is 15.5. The van der Waals surface area contributed by atoms with Gasteiger partial charge in [0.1, 0.15) is 0 Å². The minimum atomic E-state index is -0.430. The fourth-order valence-corrected chi connectivity index (χ4v) is 3.59. The van der Waals surface area contributed by atoms with Gasteiger partial charge >= 0.3 is 6.03 Å². The maximum absolute atomic E-state index is 12.3. The van der Waals surface area contributed by atoms with Crippen LogP contribution in [0.1, 0.15) is 18.4 Å². The number of likely N-dealkylation sites (tertiary alicyclic amines) is 1. The molecule has 1 aromatic heterocycles. The number of urea groups is 1. The van der Waals surface area contributed by atoms with Crippen LogP contribution in [0.5, 0.6) is 0 Å². The molecule has 0 unspecified atom stereocenters. The zero-order valence-electron chi connectivity index (χ0n) is 13.7. The van der Waals surface area contributed by atoms with Gasteiger partial charge in [-0.05, 0) is 18.1 Å². The minimum Gasteiger partial charge on any atom is -0.361 e. The molecule has 2 aromatic rings. The number of rotatable bonds is 3. The lowest BCUT2D eigenvalue weighted by Crippen LogP contribution is -2.50. The van der Waals surface area contributed by atoms with Gasteiger partial charge < -0.3 is 24.7 Å². The van der Waals surface area contributed by atoms with Gasteiger partial charge in [-0.2, -0.15) is 0 Å². The van der Waals surface area contributed by atoms with Crippen molar-refractivity contribution in [3.05, 3.63) is 36.0 Å². The summed E-state index contributed by atoms with van der Waals surface area (Å²) in [5.41, 5.74) is 2.37. The molecule has 0 atom stereocenters. The summed E-state index contributed by atoms with van der Waals surface area (Å²) in [5.74, 6) is -0.430. The monoisotopic (exact) mass is 329 g/mol. The van der Waals surface area contributed by atoms with Crippen molar-refractivity contribution in [2.75, 3.05) is 32.8 Å². The number of nitrogens with zero attached hydrogens (tertiary/aromatic N) is 1. The Kier molecular flexibility index (Phi) is 4.16. The van der Waals surface area contributed by atoms with E-state index in [4.69, 9.17) is 9.47 Å². The van der Waals surface area contributed by atoms with Crippen LogP contribution in [0.3, 0.4) is 0 Å². The number of H-pyrrole nitrogens is 1. The van der Waals surface area contributed by atoms with Crippen molar-refractivity contribution in [1.82, 2.24) is 15.2 Å². The Hall–Kier alpha value is -2.05. The fourth-order valence-electron chi connectivity index (χ4n) is 3.59. The van der Waals surface area contributed by atoms with E-state index in [1.807, 2.05) is 23.2 Å². The Morgan fingerprint density at radius 2 is 1.96 bits per heavy atom. The molecule has 24 heavy (non-hydrogen) atoms. The number of amides is 2. The number of nitrogens with one attached hydrogen (secondary N) is 2. The SMILES string of the molecule is O=C(NCCc1c[nH]c2ccccc12)N1CCC2(CC1)OCCO2. The van der Waals surface area contributed by atoms with Crippen molar-refractivity contribution in [3.63, 3.8) is 0 Å². The number of aromatic amines is 1. The van der Waals surface area contributed by atoms with Gasteiger partial charge in [0.25, 0.3) is 0 Å². The topological polar surface area (TPSA) is 66.6 Å². The average Bonchev–Trinajstić information content (AvgIpc) is 3.23. The van der Waals surface area contributed by atoms with Gasteiger partial charge in [0.15, 0.2) is 5.79 Å². The van der Waals surface area contributed by atoms with E-state index in [0.29, 0.717) is 32.8 Å². The predicted octanol–water partition coefficient (Wildman–Crippen LogP) is 2.26. The number of fused-ring (bicyclic) bond motifs is 1. The molecule has 0 aliphatic carbocycles. The van der Waals surface area contributed by atoms with Crippen molar-refractivity contribution < 1.29 is 14.3 Å². The summed E-state index contributed by atoms with van der Waals surface area (Å²) in [6, 6.07) is 8.23. The zero-order chi connectivity index (χ0) is 16.4. The van der Waals surface area contributed by atoms with Crippen LogP contribution in [-0.4, -0.2) is 54.6 Å².